The van der Waals surface area contributed by atoms with Crippen molar-refractivity contribution in [2.24, 2.45) is 5.92 Å². The first-order chi connectivity index (χ1) is 12.2. The van der Waals surface area contributed by atoms with Gasteiger partial charge in [-0.05, 0) is 43.0 Å². The molecule has 0 aliphatic carbocycles. The average Bonchev–Trinajstić information content (AvgIpc) is 2.60. The van der Waals surface area contributed by atoms with Crippen LogP contribution in [-0.4, -0.2) is 28.0 Å². The Bertz CT molecular complexity index is 869. The first-order valence-corrected chi connectivity index (χ1v) is 8.90. The summed E-state index contributed by atoms with van der Waals surface area (Å²) < 4.78 is 0. The zero-order chi connectivity index (χ0) is 17.2. The lowest BCUT2D eigenvalue weighted by Crippen LogP contribution is -2.47. The van der Waals surface area contributed by atoms with E-state index in [0.717, 1.165) is 47.0 Å². The maximum Gasteiger partial charge on any atom is 0.225 e. The van der Waals surface area contributed by atoms with Gasteiger partial charge in [0.1, 0.15) is 5.82 Å². The van der Waals surface area contributed by atoms with Crippen molar-refractivity contribution in [3.05, 3.63) is 53.9 Å². The van der Waals surface area contributed by atoms with E-state index >= 15 is 0 Å². The molecule has 5 heteroatoms. The number of para-hydroxylation sites is 1. The molecule has 0 bridgehead atoms. The first kappa shape index (κ1) is 15.8. The van der Waals surface area contributed by atoms with Crippen molar-refractivity contribution in [3.8, 4) is 0 Å². The third kappa shape index (κ3) is 3.27. The molecule has 25 heavy (non-hydrogen) atoms. The fraction of sp³-hybridized carbons (Fsp3) is 0.350. The highest BCUT2D eigenvalue weighted by molar-refractivity contribution is 5.90. The Kier molecular flexibility index (Phi) is 4.22. The Morgan fingerprint density at radius 3 is 2.72 bits per heavy atom. The molecule has 1 aliphatic heterocycles. The molecule has 0 radical (unpaired) electrons. The molecule has 4 rings (SSSR count). The molecule has 1 aliphatic rings. The minimum Gasteiger partial charge on any atom is -0.355 e. The second-order valence-electron chi connectivity index (χ2n) is 6.73. The number of nitrogens with zero attached hydrogens (tertiary/aromatic N) is 4. The number of nitrogens with one attached hydrogen (secondary N) is 1. The van der Waals surface area contributed by atoms with Crippen LogP contribution in [-0.2, 0) is 6.54 Å². The van der Waals surface area contributed by atoms with E-state index in [9.17, 15) is 0 Å². The van der Waals surface area contributed by atoms with E-state index < -0.39 is 0 Å². The van der Waals surface area contributed by atoms with E-state index in [1.54, 1.807) is 0 Å². The van der Waals surface area contributed by atoms with Gasteiger partial charge in [-0.1, -0.05) is 25.1 Å². The second-order valence-corrected chi connectivity index (χ2v) is 6.73. The first-order valence-electron chi connectivity index (χ1n) is 8.90. The van der Waals surface area contributed by atoms with E-state index in [4.69, 9.17) is 4.98 Å². The average molecular weight is 333 g/mol. The molecule has 1 aromatic carbocycles. The largest absolute Gasteiger partial charge is 0.355 e. The topological polar surface area (TPSA) is 53.9 Å². The predicted octanol–water partition coefficient (Wildman–Crippen LogP) is 3.79. The van der Waals surface area contributed by atoms with Gasteiger partial charge >= 0.3 is 0 Å². The van der Waals surface area contributed by atoms with Crippen molar-refractivity contribution in [2.45, 2.75) is 26.8 Å². The molecule has 3 aromatic rings. The van der Waals surface area contributed by atoms with Crippen LogP contribution in [0, 0.1) is 12.8 Å². The van der Waals surface area contributed by atoms with E-state index in [1.165, 1.54) is 6.42 Å². The van der Waals surface area contributed by atoms with E-state index in [2.05, 4.69) is 51.4 Å². The van der Waals surface area contributed by atoms with Crippen molar-refractivity contribution in [1.29, 1.82) is 0 Å². The van der Waals surface area contributed by atoms with Crippen molar-refractivity contribution >= 4 is 22.7 Å². The fourth-order valence-corrected chi connectivity index (χ4v) is 3.17. The third-order valence-electron chi connectivity index (χ3n) is 4.84. The van der Waals surface area contributed by atoms with Crippen LogP contribution in [0.2, 0.25) is 0 Å². The Morgan fingerprint density at radius 1 is 1.12 bits per heavy atom. The van der Waals surface area contributed by atoms with Crippen LogP contribution in [0.1, 0.15) is 24.6 Å². The number of anilines is 2. The maximum absolute atomic E-state index is 4.81. The van der Waals surface area contributed by atoms with Gasteiger partial charge in [0.2, 0.25) is 5.95 Å². The summed E-state index contributed by atoms with van der Waals surface area (Å²) in [5.41, 5.74) is 3.13. The number of pyridine rings is 1. The zero-order valence-corrected chi connectivity index (χ0v) is 14.7. The van der Waals surface area contributed by atoms with Gasteiger partial charge in [0.25, 0.3) is 0 Å². The molecule has 1 saturated heterocycles. The minimum absolute atomic E-state index is 0.669. The molecule has 128 valence electrons. The summed E-state index contributed by atoms with van der Waals surface area (Å²) in [7, 11) is 0. The SMILES string of the molecule is CCC1CN(c2nc(NCc3ccc(C)nc3)nc3ccccc23)C1. The van der Waals surface area contributed by atoms with Gasteiger partial charge < -0.3 is 10.2 Å². The van der Waals surface area contributed by atoms with Crippen LogP contribution >= 0.6 is 0 Å². The quantitative estimate of drug-likeness (QED) is 0.770. The maximum atomic E-state index is 4.81. The lowest BCUT2D eigenvalue weighted by molar-refractivity contribution is 0.397. The van der Waals surface area contributed by atoms with Gasteiger partial charge in [-0.2, -0.15) is 4.98 Å². The molecule has 1 N–H and O–H groups in total. The van der Waals surface area contributed by atoms with Crippen LogP contribution in [0.3, 0.4) is 0 Å². The summed E-state index contributed by atoms with van der Waals surface area (Å²) in [6.45, 7) is 7.08. The summed E-state index contributed by atoms with van der Waals surface area (Å²) in [4.78, 5) is 16.2. The minimum atomic E-state index is 0.669. The van der Waals surface area contributed by atoms with Crippen LogP contribution in [0.4, 0.5) is 11.8 Å². The molecular weight excluding hydrogens is 310 g/mol. The van der Waals surface area contributed by atoms with Crippen molar-refractivity contribution in [1.82, 2.24) is 15.0 Å². The molecule has 0 amide bonds. The molecule has 2 aromatic heterocycles. The van der Waals surface area contributed by atoms with Crippen molar-refractivity contribution in [2.75, 3.05) is 23.3 Å². The predicted molar refractivity (Wildman–Crippen MR) is 102 cm³/mol. The van der Waals surface area contributed by atoms with Gasteiger partial charge in [-0.3, -0.25) is 4.98 Å². The summed E-state index contributed by atoms with van der Waals surface area (Å²) >= 11 is 0. The van der Waals surface area contributed by atoms with Crippen LogP contribution in [0.15, 0.2) is 42.6 Å². The highest BCUT2D eigenvalue weighted by Gasteiger charge is 2.27. The summed E-state index contributed by atoms with van der Waals surface area (Å²) in [6, 6.07) is 12.3. The Balaban J connectivity index is 1.59. The fourth-order valence-electron chi connectivity index (χ4n) is 3.17. The number of rotatable bonds is 5. The van der Waals surface area contributed by atoms with E-state index in [0.29, 0.717) is 12.5 Å². The van der Waals surface area contributed by atoms with Gasteiger partial charge in [0.15, 0.2) is 0 Å². The lowest BCUT2D eigenvalue weighted by Gasteiger charge is -2.40. The van der Waals surface area contributed by atoms with Crippen molar-refractivity contribution < 1.29 is 0 Å². The number of aryl methyl sites for hydroxylation is 1. The van der Waals surface area contributed by atoms with E-state index in [-0.39, 0.29) is 0 Å². The Morgan fingerprint density at radius 2 is 1.96 bits per heavy atom. The second kappa shape index (κ2) is 6.67. The monoisotopic (exact) mass is 333 g/mol. The van der Waals surface area contributed by atoms with Crippen LogP contribution < -0.4 is 10.2 Å². The zero-order valence-electron chi connectivity index (χ0n) is 14.7. The lowest BCUT2D eigenvalue weighted by atomic mass is 9.97. The van der Waals surface area contributed by atoms with Gasteiger partial charge in [0, 0.05) is 36.9 Å². The number of hydrogen-bond donors (Lipinski definition) is 1. The van der Waals surface area contributed by atoms with Gasteiger partial charge in [0.05, 0.1) is 5.52 Å². The molecular formula is C20H23N5. The van der Waals surface area contributed by atoms with Gasteiger partial charge in [-0.25, -0.2) is 4.98 Å². The molecule has 0 unspecified atom stereocenters. The number of aromatic nitrogens is 3. The van der Waals surface area contributed by atoms with Crippen LogP contribution in [0.25, 0.3) is 10.9 Å². The summed E-state index contributed by atoms with van der Waals surface area (Å²) in [5, 5.41) is 4.48. The molecule has 3 heterocycles. The van der Waals surface area contributed by atoms with E-state index in [1.807, 2.05) is 25.3 Å². The molecule has 0 saturated carbocycles. The summed E-state index contributed by atoms with van der Waals surface area (Å²) in [6.07, 6.45) is 3.12. The number of fused-ring (bicyclic) bond motifs is 1. The number of hydrogen-bond acceptors (Lipinski definition) is 5. The molecule has 5 nitrogen and oxygen atoms in total. The highest BCUT2D eigenvalue weighted by Crippen LogP contribution is 2.31. The number of benzene rings is 1. The van der Waals surface area contributed by atoms with Crippen molar-refractivity contribution in [3.63, 3.8) is 0 Å². The standard InChI is InChI=1S/C20H23N5/c1-3-15-12-25(13-15)19-17-6-4-5-7-18(17)23-20(24-19)22-11-16-9-8-14(2)21-10-16/h4-10,15H,3,11-13H2,1-2H3,(H,22,23,24). The molecule has 1 fully saturated rings. The smallest absolute Gasteiger partial charge is 0.225 e. The molecule has 0 atom stereocenters. The normalized spacial score (nSPS) is 14.6. The third-order valence-corrected chi connectivity index (χ3v) is 4.84. The summed E-state index contributed by atoms with van der Waals surface area (Å²) in [5.74, 6) is 2.50. The van der Waals surface area contributed by atoms with Crippen LogP contribution in [0.5, 0.6) is 0 Å². The highest BCUT2D eigenvalue weighted by atomic mass is 15.3. The van der Waals surface area contributed by atoms with Gasteiger partial charge in [-0.15, -0.1) is 0 Å². The molecule has 0 spiro atoms. The Hall–Kier alpha value is -2.69. The Labute approximate surface area is 148 Å².